The number of carbonyl (C=O) groups is 2. The number of sulfonamides is 1. The number of cyclic esters (lactones) is 1. The lowest BCUT2D eigenvalue weighted by atomic mass is 10.1. The van der Waals surface area contributed by atoms with Gasteiger partial charge in [0.15, 0.2) is 6.61 Å². The van der Waals surface area contributed by atoms with Gasteiger partial charge in [0, 0.05) is 5.56 Å². The van der Waals surface area contributed by atoms with Crippen LogP contribution in [0.3, 0.4) is 0 Å². The monoisotopic (exact) mass is 392 g/mol. The predicted molar refractivity (Wildman–Crippen MR) is 94.4 cm³/mol. The predicted octanol–water partition coefficient (Wildman–Crippen LogP) is 1.97. The Hall–Kier alpha value is -2.78. The van der Waals surface area contributed by atoms with Crippen molar-refractivity contribution in [1.29, 1.82) is 0 Å². The molecule has 1 saturated heterocycles. The summed E-state index contributed by atoms with van der Waals surface area (Å²) in [5.41, 5.74) is 0.579. The first-order valence-electron chi connectivity index (χ1n) is 8.11. The molecule has 142 valence electrons. The molecule has 1 N–H and O–H groups in total. The number of imide groups is 1. The molecule has 3 rings (SSSR count). The van der Waals surface area contributed by atoms with Crippen LogP contribution in [0.15, 0.2) is 54.6 Å². The SMILES string of the molecule is O=C1COC(=O)N1C[C@@H](NS(=O)(=O)Cc1ccccc1F)c1ccccc1. The van der Waals surface area contributed by atoms with Crippen LogP contribution in [0, 0.1) is 5.82 Å². The highest BCUT2D eigenvalue weighted by Crippen LogP contribution is 2.20. The van der Waals surface area contributed by atoms with Crippen LogP contribution < -0.4 is 4.72 Å². The number of ether oxygens (including phenoxy) is 1. The fourth-order valence-electron chi connectivity index (χ4n) is 2.71. The van der Waals surface area contributed by atoms with E-state index in [2.05, 4.69) is 9.46 Å². The van der Waals surface area contributed by atoms with Gasteiger partial charge in [-0.05, 0) is 11.6 Å². The highest BCUT2D eigenvalue weighted by molar-refractivity contribution is 7.88. The Balaban J connectivity index is 1.83. The Bertz CT molecular complexity index is 933. The maximum absolute atomic E-state index is 13.8. The average molecular weight is 392 g/mol. The minimum atomic E-state index is -3.96. The lowest BCUT2D eigenvalue weighted by molar-refractivity contribution is -0.126. The number of hydrogen-bond acceptors (Lipinski definition) is 5. The van der Waals surface area contributed by atoms with Crippen LogP contribution in [0.2, 0.25) is 0 Å². The molecular formula is C18H17FN2O5S. The van der Waals surface area contributed by atoms with Gasteiger partial charge in [-0.1, -0.05) is 48.5 Å². The maximum Gasteiger partial charge on any atom is 0.417 e. The summed E-state index contributed by atoms with van der Waals surface area (Å²) in [5, 5.41) is 0. The zero-order chi connectivity index (χ0) is 19.4. The Morgan fingerprint density at radius 2 is 1.74 bits per heavy atom. The highest BCUT2D eigenvalue weighted by Gasteiger charge is 2.34. The summed E-state index contributed by atoms with van der Waals surface area (Å²) in [6.45, 7) is -0.597. The van der Waals surface area contributed by atoms with E-state index < -0.39 is 39.6 Å². The van der Waals surface area contributed by atoms with Crippen LogP contribution in [-0.2, 0) is 25.3 Å². The standard InChI is InChI=1S/C18H17FN2O5S/c19-15-9-5-4-8-14(15)12-27(24,25)20-16(13-6-2-1-3-7-13)10-21-17(22)11-26-18(21)23/h1-9,16,20H,10-12H2/t16-/m1/s1. The van der Waals surface area contributed by atoms with Gasteiger partial charge in [0.25, 0.3) is 5.91 Å². The molecule has 0 unspecified atom stereocenters. The lowest BCUT2D eigenvalue weighted by Gasteiger charge is -2.22. The number of nitrogens with zero attached hydrogens (tertiary/aromatic N) is 1. The third kappa shape index (κ3) is 4.69. The molecule has 2 aromatic rings. The largest absolute Gasteiger partial charge is 0.439 e. The number of hydrogen-bond donors (Lipinski definition) is 1. The highest BCUT2D eigenvalue weighted by atomic mass is 32.2. The number of benzene rings is 2. The van der Waals surface area contributed by atoms with Crippen molar-refractivity contribution in [2.45, 2.75) is 11.8 Å². The second kappa shape index (κ2) is 7.85. The summed E-state index contributed by atoms with van der Waals surface area (Å²) in [7, 11) is -3.96. The van der Waals surface area contributed by atoms with E-state index >= 15 is 0 Å². The van der Waals surface area contributed by atoms with Gasteiger partial charge in [0.1, 0.15) is 5.82 Å². The molecule has 1 aliphatic heterocycles. The lowest BCUT2D eigenvalue weighted by Crippen LogP contribution is -2.40. The first kappa shape index (κ1) is 19.0. The summed E-state index contributed by atoms with van der Waals surface area (Å²) < 4.78 is 46.1. The van der Waals surface area contributed by atoms with Crippen LogP contribution in [0.25, 0.3) is 0 Å². The molecule has 1 aliphatic rings. The molecule has 0 saturated carbocycles. The van der Waals surface area contributed by atoms with Crippen molar-refractivity contribution in [2.75, 3.05) is 13.2 Å². The van der Waals surface area contributed by atoms with Crippen LogP contribution in [0.4, 0.5) is 9.18 Å². The number of rotatable bonds is 7. The van der Waals surface area contributed by atoms with E-state index in [1.54, 1.807) is 36.4 Å². The topological polar surface area (TPSA) is 92.8 Å². The molecule has 2 aromatic carbocycles. The van der Waals surface area contributed by atoms with E-state index in [1.807, 2.05) is 0 Å². The van der Waals surface area contributed by atoms with Gasteiger partial charge in [-0.2, -0.15) is 0 Å². The summed E-state index contributed by atoms with van der Waals surface area (Å²) in [6.07, 6.45) is -0.825. The Kier molecular flexibility index (Phi) is 5.52. The zero-order valence-electron chi connectivity index (χ0n) is 14.2. The van der Waals surface area contributed by atoms with Crippen molar-refractivity contribution in [3.63, 3.8) is 0 Å². The third-order valence-electron chi connectivity index (χ3n) is 4.03. The summed E-state index contributed by atoms with van der Waals surface area (Å²) >= 11 is 0. The second-order valence-electron chi connectivity index (χ2n) is 5.99. The number of halogens is 1. The Morgan fingerprint density at radius 3 is 2.37 bits per heavy atom. The summed E-state index contributed by atoms with van der Waals surface area (Å²) in [6, 6.07) is 13.2. The van der Waals surface area contributed by atoms with Crippen molar-refractivity contribution in [2.24, 2.45) is 0 Å². The molecule has 0 spiro atoms. The fraction of sp³-hybridized carbons (Fsp3) is 0.222. The molecule has 1 fully saturated rings. The van der Waals surface area contributed by atoms with Crippen LogP contribution in [0.1, 0.15) is 17.2 Å². The van der Waals surface area contributed by atoms with Crippen molar-refractivity contribution >= 4 is 22.0 Å². The zero-order valence-corrected chi connectivity index (χ0v) is 15.0. The first-order valence-corrected chi connectivity index (χ1v) is 9.76. The molecule has 9 heteroatoms. The molecular weight excluding hydrogens is 375 g/mol. The smallest absolute Gasteiger partial charge is 0.417 e. The van der Waals surface area contributed by atoms with E-state index in [1.165, 1.54) is 18.2 Å². The molecule has 0 bridgehead atoms. The number of carbonyl (C=O) groups excluding carboxylic acids is 2. The second-order valence-corrected chi connectivity index (χ2v) is 7.74. The van der Waals surface area contributed by atoms with Gasteiger partial charge >= 0.3 is 6.09 Å². The molecule has 0 radical (unpaired) electrons. The number of amides is 2. The van der Waals surface area contributed by atoms with Gasteiger partial charge in [-0.3, -0.25) is 4.79 Å². The van der Waals surface area contributed by atoms with Gasteiger partial charge in [-0.25, -0.2) is 27.2 Å². The van der Waals surface area contributed by atoms with Crippen molar-refractivity contribution in [3.05, 3.63) is 71.5 Å². The van der Waals surface area contributed by atoms with E-state index in [4.69, 9.17) is 0 Å². The van der Waals surface area contributed by atoms with Gasteiger partial charge < -0.3 is 4.74 Å². The van der Waals surface area contributed by atoms with Gasteiger partial charge in [0.05, 0.1) is 18.3 Å². The van der Waals surface area contributed by atoms with E-state index in [0.717, 1.165) is 4.90 Å². The molecule has 0 aliphatic carbocycles. The van der Waals surface area contributed by atoms with E-state index in [0.29, 0.717) is 5.56 Å². The van der Waals surface area contributed by atoms with Crippen LogP contribution in [-0.4, -0.2) is 38.5 Å². The molecule has 0 aromatic heterocycles. The molecule has 7 nitrogen and oxygen atoms in total. The normalized spacial score (nSPS) is 15.7. The minimum absolute atomic E-state index is 0.0217. The summed E-state index contributed by atoms with van der Waals surface area (Å²) in [4.78, 5) is 24.4. The maximum atomic E-state index is 13.8. The van der Waals surface area contributed by atoms with Crippen molar-refractivity contribution in [1.82, 2.24) is 9.62 Å². The third-order valence-corrected chi connectivity index (χ3v) is 5.37. The van der Waals surface area contributed by atoms with E-state index in [-0.39, 0.29) is 18.7 Å². The summed E-state index contributed by atoms with van der Waals surface area (Å²) in [5.74, 6) is -1.74. The Labute approximate surface area is 155 Å². The van der Waals surface area contributed by atoms with Crippen LogP contribution >= 0.6 is 0 Å². The average Bonchev–Trinajstić information content (AvgIpc) is 2.95. The quantitative estimate of drug-likeness (QED) is 0.778. The van der Waals surface area contributed by atoms with Crippen molar-refractivity contribution in [3.8, 4) is 0 Å². The minimum Gasteiger partial charge on any atom is -0.439 e. The molecule has 1 atom stereocenters. The van der Waals surface area contributed by atoms with Gasteiger partial charge in [-0.15, -0.1) is 0 Å². The fourth-order valence-corrected chi connectivity index (χ4v) is 4.09. The van der Waals surface area contributed by atoms with Crippen molar-refractivity contribution < 1.29 is 27.1 Å². The first-order chi connectivity index (χ1) is 12.9. The van der Waals surface area contributed by atoms with Crippen LogP contribution in [0.5, 0.6) is 0 Å². The van der Waals surface area contributed by atoms with E-state index in [9.17, 15) is 22.4 Å². The molecule has 1 heterocycles. The van der Waals surface area contributed by atoms with Gasteiger partial charge in [0.2, 0.25) is 10.0 Å². The molecule has 27 heavy (non-hydrogen) atoms. The molecule has 2 amide bonds. The Morgan fingerprint density at radius 1 is 1.07 bits per heavy atom. The number of nitrogens with one attached hydrogen (secondary N) is 1.